The highest BCUT2D eigenvalue weighted by Gasteiger charge is 2.18. The Morgan fingerprint density at radius 3 is 2.60 bits per heavy atom. The van der Waals surface area contributed by atoms with E-state index in [1.54, 1.807) is 7.11 Å². The Hall–Kier alpha value is -2.34. The van der Waals surface area contributed by atoms with Crippen molar-refractivity contribution >= 4 is 16.6 Å². The van der Waals surface area contributed by atoms with Crippen LogP contribution in [-0.4, -0.2) is 12.9 Å². The number of Topliss-reactive ketones (excluding diaryl/α,β-unsaturated/α-hetero) is 1. The van der Waals surface area contributed by atoms with Gasteiger partial charge in [-0.05, 0) is 35.4 Å². The molecule has 0 radical (unpaired) electrons. The van der Waals surface area contributed by atoms with Gasteiger partial charge in [-0.25, -0.2) is 0 Å². The molecule has 0 heterocycles. The number of hydrogen-bond donors (Lipinski definition) is 0. The zero-order valence-corrected chi connectivity index (χ0v) is 11.7. The molecule has 102 valence electrons. The lowest BCUT2D eigenvalue weighted by molar-refractivity contribution is 0.0919. The fourth-order valence-corrected chi connectivity index (χ4v) is 2.27. The van der Waals surface area contributed by atoms with Crippen molar-refractivity contribution in [3.05, 3.63) is 42.0 Å². The fourth-order valence-electron chi connectivity index (χ4n) is 2.27. The molecule has 0 bridgehead atoms. The number of ketones is 1. The van der Waals surface area contributed by atoms with Crippen LogP contribution in [0, 0.1) is 17.2 Å². The van der Waals surface area contributed by atoms with Gasteiger partial charge in [-0.3, -0.25) is 4.79 Å². The number of carbonyl (C=O) groups is 1. The maximum Gasteiger partial charge on any atom is 0.166 e. The van der Waals surface area contributed by atoms with Crippen LogP contribution < -0.4 is 4.74 Å². The van der Waals surface area contributed by atoms with E-state index < -0.39 is 0 Å². The predicted octanol–water partition coefficient (Wildman–Crippen LogP) is 3.97. The number of rotatable bonds is 5. The van der Waals surface area contributed by atoms with E-state index in [1.165, 1.54) is 0 Å². The molecule has 0 saturated heterocycles. The molecule has 0 aliphatic heterocycles. The van der Waals surface area contributed by atoms with E-state index in [9.17, 15) is 4.79 Å². The van der Waals surface area contributed by atoms with Crippen LogP contribution in [0.5, 0.6) is 5.75 Å². The summed E-state index contributed by atoms with van der Waals surface area (Å²) in [5.74, 6) is 0.634. The zero-order valence-electron chi connectivity index (χ0n) is 11.7. The first-order chi connectivity index (χ1) is 9.69. The first kappa shape index (κ1) is 14.1. The van der Waals surface area contributed by atoms with Crippen molar-refractivity contribution in [3.8, 4) is 11.8 Å². The van der Waals surface area contributed by atoms with E-state index in [0.29, 0.717) is 12.0 Å². The quantitative estimate of drug-likeness (QED) is 0.770. The van der Waals surface area contributed by atoms with Gasteiger partial charge < -0.3 is 4.74 Å². The lowest BCUT2D eigenvalue weighted by Crippen LogP contribution is -2.13. The third kappa shape index (κ3) is 2.80. The van der Waals surface area contributed by atoms with E-state index in [4.69, 9.17) is 10.00 Å². The summed E-state index contributed by atoms with van der Waals surface area (Å²) in [6.07, 6.45) is 0.961. The molecular weight excluding hydrogens is 250 g/mol. The molecule has 3 heteroatoms. The molecule has 0 N–H and O–H groups in total. The van der Waals surface area contributed by atoms with Gasteiger partial charge in [0, 0.05) is 17.9 Å². The third-order valence-electron chi connectivity index (χ3n) is 3.53. The SMILES string of the molecule is CCC(CC#N)C(=O)c1ccc2cc(OC)ccc2c1. The summed E-state index contributed by atoms with van der Waals surface area (Å²) >= 11 is 0. The third-order valence-corrected chi connectivity index (χ3v) is 3.53. The highest BCUT2D eigenvalue weighted by atomic mass is 16.5. The average molecular weight is 267 g/mol. The molecule has 2 aromatic carbocycles. The summed E-state index contributed by atoms with van der Waals surface area (Å²) < 4.78 is 5.18. The van der Waals surface area contributed by atoms with E-state index in [-0.39, 0.29) is 18.1 Å². The molecule has 0 saturated carbocycles. The van der Waals surface area contributed by atoms with Crippen molar-refractivity contribution in [3.63, 3.8) is 0 Å². The van der Waals surface area contributed by atoms with Crippen molar-refractivity contribution in [1.82, 2.24) is 0 Å². The van der Waals surface area contributed by atoms with Crippen LogP contribution in [0.25, 0.3) is 10.8 Å². The zero-order chi connectivity index (χ0) is 14.5. The molecule has 0 spiro atoms. The van der Waals surface area contributed by atoms with Gasteiger partial charge in [0.15, 0.2) is 5.78 Å². The van der Waals surface area contributed by atoms with E-state index in [2.05, 4.69) is 6.07 Å². The summed E-state index contributed by atoms with van der Waals surface area (Å²) in [6.45, 7) is 1.94. The van der Waals surface area contributed by atoms with Crippen molar-refractivity contribution in [2.24, 2.45) is 5.92 Å². The van der Waals surface area contributed by atoms with E-state index in [1.807, 2.05) is 43.3 Å². The Kier molecular flexibility index (Phi) is 4.37. The summed E-state index contributed by atoms with van der Waals surface area (Å²) in [5, 5.41) is 10.8. The second-order valence-electron chi connectivity index (χ2n) is 4.76. The van der Waals surface area contributed by atoms with Gasteiger partial charge in [0.2, 0.25) is 0 Å². The monoisotopic (exact) mass is 267 g/mol. The van der Waals surface area contributed by atoms with Gasteiger partial charge in [-0.2, -0.15) is 5.26 Å². The minimum Gasteiger partial charge on any atom is -0.497 e. The molecule has 0 aromatic heterocycles. The van der Waals surface area contributed by atoms with Crippen LogP contribution >= 0.6 is 0 Å². The van der Waals surface area contributed by atoms with Crippen molar-refractivity contribution in [1.29, 1.82) is 5.26 Å². The number of nitriles is 1. The summed E-state index contributed by atoms with van der Waals surface area (Å²) in [4.78, 5) is 12.4. The number of nitrogens with zero attached hydrogens (tertiary/aromatic N) is 1. The second kappa shape index (κ2) is 6.21. The molecule has 20 heavy (non-hydrogen) atoms. The largest absolute Gasteiger partial charge is 0.497 e. The molecule has 0 aliphatic rings. The fraction of sp³-hybridized carbons (Fsp3) is 0.294. The van der Waals surface area contributed by atoms with Gasteiger partial charge in [0.1, 0.15) is 5.75 Å². The minimum atomic E-state index is -0.212. The Balaban J connectivity index is 2.36. The van der Waals surface area contributed by atoms with Crippen LogP contribution in [0.2, 0.25) is 0 Å². The van der Waals surface area contributed by atoms with Crippen LogP contribution in [0.1, 0.15) is 30.1 Å². The standard InChI is InChI=1S/C17H17NO2/c1-3-12(8-9-18)17(19)15-5-4-14-11-16(20-2)7-6-13(14)10-15/h4-7,10-12H,3,8H2,1-2H3. The Labute approximate surface area is 118 Å². The first-order valence-electron chi connectivity index (χ1n) is 6.68. The van der Waals surface area contributed by atoms with Gasteiger partial charge in [-0.15, -0.1) is 0 Å². The highest BCUT2D eigenvalue weighted by Crippen LogP contribution is 2.24. The maximum atomic E-state index is 12.4. The summed E-state index contributed by atoms with van der Waals surface area (Å²) in [7, 11) is 1.63. The second-order valence-corrected chi connectivity index (χ2v) is 4.76. The molecule has 1 unspecified atom stereocenters. The molecule has 2 aromatic rings. The van der Waals surface area contributed by atoms with Gasteiger partial charge in [-0.1, -0.05) is 25.1 Å². The molecule has 3 nitrogen and oxygen atoms in total. The predicted molar refractivity (Wildman–Crippen MR) is 78.8 cm³/mol. The lowest BCUT2D eigenvalue weighted by atomic mass is 9.92. The average Bonchev–Trinajstić information content (AvgIpc) is 2.50. The van der Waals surface area contributed by atoms with Gasteiger partial charge in [0.25, 0.3) is 0 Å². The van der Waals surface area contributed by atoms with E-state index >= 15 is 0 Å². The van der Waals surface area contributed by atoms with Crippen LogP contribution in [0.15, 0.2) is 36.4 Å². The topological polar surface area (TPSA) is 50.1 Å². The molecule has 0 amide bonds. The van der Waals surface area contributed by atoms with Crippen LogP contribution in [0.4, 0.5) is 0 Å². The number of ether oxygens (including phenoxy) is 1. The molecule has 1 atom stereocenters. The van der Waals surface area contributed by atoms with Crippen LogP contribution in [0.3, 0.4) is 0 Å². The lowest BCUT2D eigenvalue weighted by Gasteiger charge is -2.10. The maximum absolute atomic E-state index is 12.4. The molecular formula is C17H17NO2. The van der Waals surface area contributed by atoms with Gasteiger partial charge >= 0.3 is 0 Å². The molecule has 2 rings (SSSR count). The Bertz CT molecular complexity index is 670. The molecule has 0 fully saturated rings. The van der Waals surface area contributed by atoms with Crippen LogP contribution in [-0.2, 0) is 0 Å². The Morgan fingerprint density at radius 1 is 1.25 bits per heavy atom. The van der Waals surface area contributed by atoms with Crippen molar-refractivity contribution < 1.29 is 9.53 Å². The number of hydrogen-bond acceptors (Lipinski definition) is 3. The first-order valence-corrected chi connectivity index (χ1v) is 6.68. The van der Waals surface area contributed by atoms with Crippen molar-refractivity contribution in [2.45, 2.75) is 19.8 Å². The van der Waals surface area contributed by atoms with Crippen molar-refractivity contribution in [2.75, 3.05) is 7.11 Å². The summed E-state index contributed by atoms with van der Waals surface area (Å²) in [6, 6.07) is 13.5. The number of fused-ring (bicyclic) bond motifs is 1. The summed E-state index contributed by atoms with van der Waals surface area (Å²) in [5.41, 5.74) is 0.671. The van der Waals surface area contributed by atoms with E-state index in [0.717, 1.165) is 16.5 Å². The number of carbonyl (C=O) groups excluding carboxylic acids is 1. The minimum absolute atomic E-state index is 0.0479. The van der Waals surface area contributed by atoms with Gasteiger partial charge in [0.05, 0.1) is 13.2 Å². The number of benzene rings is 2. The number of methoxy groups -OCH3 is 1. The Morgan fingerprint density at radius 2 is 1.95 bits per heavy atom. The molecule has 0 aliphatic carbocycles. The smallest absolute Gasteiger partial charge is 0.166 e. The highest BCUT2D eigenvalue weighted by molar-refractivity contribution is 6.01. The normalized spacial score (nSPS) is 11.8.